The quantitative estimate of drug-likeness (QED) is 0.637. The number of benzene rings is 2. The highest BCUT2D eigenvalue weighted by molar-refractivity contribution is 5.69. The largest absolute Gasteiger partial charge is 0.497 e. The summed E-state index contributed by atoms with van der Waals surface area (Å²) in [5, 5.41) is 0. The summed E-state index contributed by atoms with van der Waals surface area (Å²) in [6.45, 7) is 0.433. The maximum absolute atomic E-state index is 12.9. The molecule has 0 saturated carbocycles. The van der Waals surface area contributed by atoms with Gasteiger partial charge in [0.25, 0.3) is 0 Å². The normalized spacial score (nSPS) is 10.8. The SMILES string of the molecule is COc1ccc(COc2cc(C=Cc3ccc(F)cc3)ccn2)cc1. The van der Waals surface area contributed by atoms with E-state index in [1.807, 2.05) is 48.6 Å². The van der Waals surface area contributed by atoms with Crippen molar-refractivity contribution in [2.75, 3.05) is 7.11 Å². The summed E-state index contributed by atoms with van der Waals surface area (Å²) in [6.07, 6.45) is 5.56. The molecule has 0 bridgehead atoms. The summed E-state index contributed by atoms with van der Waals surface area (Å²) in [5.41, 5.74) is 2.93. The van der Waals surface area contributed by atoms with Gasteiger partial charge in [0.1, 0.15) is 18.2 Å². The van der Waals surface area contributed by atoms with E-state index in [0.717, 1.165) is 22.4 Å². The molecule has 3 rings (SSSR count). The van der Waals surface area contributed by atoms with E-state index in [0.29, 0.717) is 12.5 Å². The molecule has 2 aromatic carbocycles. The number of nitrogens with zero attached hydrogens (tertiary/aromatic N) is 1. The van der Waals surface area contributed by atoms with Crippen LogP contribution in [0.4, 0.5) is 4.39 Å². The van der Waals surface area contributed by atoms with Crippen molar-refractivity contribution in [3.63, 3.8) is 0 Å². The van der Waals surface area contributed by atoms with Crippen molar-refractivity contribution in [3.05, 3.63) is 89.4 Å². The summed E-state index contributed by atoms with van der Waals surface area (Å²) in [6, 6.07) is 17.8. The van der Waals surface area contributed by atoms with Crippen molar-refractivity contribution in [1.29, 1.82) is 0 Å². The first-order valence-corrected chi connectivity index (χ1v) is 7.88. The molecule has 0 N–H and O–H groups in total. The second-order valence-electron chi connectivity index (χ2n) is 5.45. The topological polar surface area (TPSA) is 31.4 Å². The maximum atomic E-state index is 12.9. The van der Waals surface area contributed by atoms with Crippen molar-refractivity contribution in [2.24, 2.45) is 0 Å². The van der Waals surface area contributed by atoms with Crippen LogP contribution in [0.3, 0.4) is 0 Å². The highest BCUT2D eigenvalue weighted by Gasteiger charge is 1.99. The number of hydrogen-bond donors (Lipinski definition) is 0. The predicted octanol–water partition coefficient (Wildman–Crippen LogP) is 4.98. The van der Waals surface area contributed by atoms with Crippen LogP contribution in [0.25, 0.3) is 12.2 Å². The summed E-state index contributed by atoms with van der Waals surface area (Å²) < 4.78 is 23.8. The van der Waals surface area contributed by atoms with Crippen molar-refractivity contribution < 1.29 is 13.9 Å². The minimum atomic E-state index is -0.240. The number of halogens is 1. The van der Waals surface area contributed by atoms with Gasteiger partial charge in [-0.1, -0.05) is 36.4 Å². The Labute approximate surface area is 146 Å². The molecular formula is C21H18FNO2. The molecule has 0 spiro atoms. The Kier molecular flexibility index (Phi) is 5.42. The molecule has 1 aromatic heterocycles. The lowest BCUT2D eigenvalue weighted by Crippen LogP contribution is -1.97. The van der Waals surface area contributed by atoms with E-state index in [9.17, 15) is 4.39 Å². The van der Waals surface area contributed by atoms with E-state index >= 15 is 0 Å². The third-order valence-corrected chi connectivity index (χ3v) is 3.64. The van der Waals surface area contributed by atoms with E-state index < -0.39 is 0 Å². The molecule has 0 aliphatic heterocycles. The molecule has 4 heteroatoms. The molecule has 0 saturated heterocycles. The maximum Gasteiger partial charge on any atom is 0.214 e. The van der Waals surface area contributed by atoms with Gasteiger partial charge in [-0.3, -0.25) is 0 Å². The van der Waals surface area contributed by atoms with Gasteiger partial charge in [0.2, 0.25) is 5.88 Å². The van der Waals surface area contributed by atoms with Gasteiger partial charge >= 0.3 is 0 Å². The molecular weight excluding hydrogens is 317 g/mol. The van der Waals surface area contributed by atoms with Crippen molar-refractivity contribution in [3.8, 4) is 11.6 Å². The van der Waals surface area contributed by atoms with Gasteiger partial charge in [-0.2, -0.15) is 0 Å². The van der Waals surface area contributed by atoms with Crippen LogP contribution < -0.4 is 9.47 Å². The fraction of sp³-hybridized carbons (Fsp3) is 0.0952. The zero-order valence-corrected chi connectivity index (χ0v) is 13.9. The first-order chi connectivity index (χ1) is 12.2. The molecule has 0 atom stereocenters. The first-order valence-electron chi connectivity index (χ1n) is 7.88. The summed E-state index contributed by atoms with van der Waals surface area (Å²) in [4.78, 5) is 4.22. The van der Waals surface area contributed by atoms with Crippen LogP contribution >= 0.6 is 0 Å². The molecule has 25 heavy (non-hydrogen) atoms. The van der Waals surface area contributed by atoms with Crippen LogP contribution in [0, 0.1) is 5.82 Å². The third kappa shape index (κ3) is 4.91. The van der Waals surface area contributed by atoms with Gasteiger partial charge in [0.05, 0.1) is 7.11 Å². The minimum Gasteiger partial charge on any atom is -0.497 e. The predicted molar refractivity (Wildman–Crippen MR) is 96.9 cm³/mol. The van der Waals surface area contributed by atoms with Gasteiger partial charge in [0.15, 0.2) is 0 Å². The Hall–Kier alpha value is -3.14. The highest BCUT2D eigenvalue weighted by Crippen LogP contribution is 2.16. The second-order valence-corrected chi connectivity index (χ2v) is 5.45. The van der Waals surface area contributed by atoms with Crippen LogP contribution in [0.5, 0.6) is 11.6 Å². The van der Waals surface area contributed by atoms with Crippen LogP contribution in [-0.2, 0) is 6.61 Å². The lowest BCUT2D eigenvalue weighted by Gasteiger charge is -2.07. The van der Waals surface area contributed by atoms with E-state index in [4.69, 9.17) is 9.47 Å². The summed E-state index contributed by atoms with van der Waals surface area (Å²) in [5.74, 6) is 1.13. The minimum absolute atomic E-state index is 0.240. The average Bonchev–Trinajstić information content (AvgIpc) is 2.67. The molecule has 0 aliphatic rings. The number of ether oxygens (including phenoxy) is 2. The average molecular weight is 335 g/mol. The van der Waals surface area contributed by atoms with Gasteiger partial charge in [-0.25, -0.2) is 9.37 Å². The molecule has 0 unspecified atom stereocenters. The molecule has 3 aromatic rings. The van der Waals surface area contributed by atoms with Gasteiger partial charge in [0, 0.05) is 12.3 Å². The Morgan fingerprint density at radius 3 is 2.36 bits per heavy atom. The van der Waals surface area contributed by atoms with Crippen LogP contribution in [0.2, 0.25) is 0 Å². The number of hydrogen-bond acceptors (Lipinski definition) is 3. The Bertz CT molecular complexity index is 843. The molecule has 126 valence electrons. The van der Waals surface area contributed by atoms with Crippen LogP contribution in [0.15, 0.2) is 66.9 Å². The smallest absolute Gasteiger partial charge is 0.214 e. The van der Waals surface area contributed by atoms with E-state index in [-0.39, 0.29) is 5.82 Å². The number of rotatable bonds is 6. The molecule has 0 radical (unpaired) electrons. The Morgan fingerprint density at radius 2 is 1.64 bits per heavy atom. The lowest BCUT2D eigenvalue weighted by atomic mass is 10.1. The Morgan fingerprint density at radius 1 is 0.920 bits per heavy atom. The van der Waals surface area contributed by atoms with Crippen LogP contribution in [-0.4, -0.2) is 12.1 Å². The zero-order chi connectivity index (χ0) is 17.5. The second kappa shape index (κ2) is 8.11. The molecule has 0 aliphatic carbocycles. The molecule has 0 amide bonds. The fourth-order valence-electron chi connectivity index (χ4n) is 2.25. The van der Waals surface area contributed by atoms with Crippen LogP contribution in [0.1, 0.15) is 16.7 Å². The molecule has 1 heterocycles. The van der Waals surface area contributed by atoms with Gasteiger partial charge < -0.3 is 9.47 Å². The standard InChI is InChI=1S/C21H18FNO2/c1-24-20-10-6-18(7-11-20)15-25-21-14-17(12-13-23-21)3-2-16-4-8-19(22)9-5-16/h2-14H,15H2,1H3. The zero-order valence-electron chi connectivity index (χ0n) is 13.9. The monoisotopic (exact) mass is 335 g/mol. The summed E-state index contributed by atoms with van der Waals surface area (Å²) in [7, 11) is 1.64. The number of aromatic nitrogens is 1. The van der Waals surface area contributed by atoms with Gasteiger partial charge in [-0.15, -0.1) is 0 Å². The van der Waals surface area contributed by atoms with Crippen molar-refractivity contribution in [2.45, 2.75) is 6.61 Å². The van der Waals surface area contributed by atoms with E-state index in [1.54, 1.807) is 25.4 Å². The van der Waals surface area contributed by atoms with Crippen molar-refractivity contribution in [1.82, 2.24) is 4.98 Å². The first kappa shape index (κ1) is 16.7. The molecule has 3 nitrogen and oxygen atoms in total. The van der Waals surface area contributed by atoms with E-state index in [1.165, 1.54) is 12.1 Å². The summed E-state index contributed by atoms with van der Waals surface area (Å²) >= 11 is 0. The van der Waals surface area contributed by atoms with Gasteiger partial charge in [-0.05, 0) is 47.0 Å². The molecule has 0 fully saturated rings. The lowest BCUT2D eigenvalue weighted by molar-refractivity contribution is 0.293. The van der Waals surface area contributed by atoms with Crippen molar-refractivity contribution >= 4 is 12.2 Å². The fourth-order valence-corrected chi connectivity index (χ4v) is 2.25. The Balaban J connectivity index is 1.63. The van der Waals surface area contributed by atoms with E-state index in [2.05, 4.69) is 4.98 Å². The highest BCUT2D eigenvalue weighted by atomic mass is 19.1. The number of pyridine rings is 1. The third-order valence-electron chi connectivity index (χ3n) is 3.64. The number of methoxy groups -OCH3 is 1.